The van der Waals surface area contributed by atoms with Crippen LogP contribution in [0.3, 0.4) is 0 Å². The highest BCUT2D eigenvalue weighted by atomic mass is 35.5. The van der Waals surface area contributed by atoms with E-state index in [1.54, 1.807) is 0 Å². The van der Waals surface area contributed by atoms with E-state index in [2.05, 4.69) is 23.5 Å². The van der Waals surface area contributed by atoms with Gasteiger partial charge >= 0.3 is 0 Å². The monoisotopic (exact) mass is 277 g/mol. The summed E-state index contributed by atoms with van der Waals surface area (Å²) in [6.45, 7) is 0.897. The quantitative estimate of drug-likeness (QED) is 0.819. The molecule has 0 radical (unpaired) electrons. The van der Waals surface area contributed by atoms with Crippen molar-refractivity contribution < 1.29 is 4.74 Å². The third-order valence-corrected chi connectivity index (χ3v) is 3.95. The highest BCUT2D eigenvalue weighted by Crippen LogP contribution is 2.28. The lowest BCUT2D eigenvalue weighted by molar-refractivity contribution is 0.230. The fourth-order valence-corrected chi connectivity index (χ4v) is 2.59. The van der Waals surface area contributed by atoms with Crippen LogP contribution in [0.25, 0.3) is 0 Å². The maximum absolute atomic E-state index is 6.30. The van der Waals surface area contributed by atoms with E-state index in [-0.39, 0.29) is 6.10 Å². The number of rotatable bonds is 5. The summed E-state index contributed by atoms with van der Waals surface area (Å²) in [7, 11) is 0. The molecule has 1 fully saturated rings. The van der Waals surface area contributed by atoms with Crippen LogP contribution in [0.2, 0.25) is 5.02 Å². The van der Waals surface area contributed by atoms with Gasteiger partial charge in [-0.1, -0.05) is 23.7 Å². The van der Waals surface area contributed by atoms with Crippen molar-refractivity contribution in [2.24, 2.45) is 0 Å². The first kappa shape index (κ1) is 13.0. The van der Waals surface area contributed by atoms with Gasteiger partial charge in [-0.15, -0.1) is 0 Å². The van der Waals surface area contributed by atoms with Crippen molar-refractivity contribution in [3.63, 3.8) is 0 Å². The zero-order valence-corrected chi connectivity index (χ0v) is 11.8. The number of allylic oxidation sites excluding steroid dienone is 1. The molecule has 0 aromatic heterocycles. The van der Waals surface area contributed by atoms with Gasteiger partial charge in [-0.25, -0.2) is 0 Å². The molecule has 0 aliphatic heterocycles. The highest BCUT2D eigenvalue weighted by molar-refractivity contribution is 6.32. The number of hydrogen-bond acceptors (Lipinski definition) is 2. The Bertz CT molecular complexity index is 468. The van der Waals surface area contributed by atoms with E-state index in [0.29, 0.717) is 5.02 Å². The first-order valence-corrected chi connectivity index (χ1v) is 7.54. The van der Waals surface area contributed by atoms with Gasteiger partial charge in [0.2, 0.25) is 0 Å². The maximum Gasteiger partial charge on any atom is 0.138 e. The second kappa shape index (κ2) is 5.98. The number of ether oxygens (including phenoxy) is 1. The van der Waals surface area contributed by atoms with Gasteiger partial charge in [-0.2, -0.15) is 0 Å². The normalized spacial score (nSPS) is 22.5. The summed E-state index contributed by atoms with van der Waals surface area (Å²) < 4.78 is 5.94. The highest BCUT2D eigenvalue weighted by Gasteiger charge is 2.20. The van der Waals surface area contributed by atoms with Gasteiger partial charge in [-0.05, 0) is 55.9 Å². The maximum atomic E-state index is 6.30. The van der Waals surface area contributed by atoms with Crippen molar-refractivity contribution in [3.8, 4) is 5.75 Å². The van der Waals surface area contributed by atoms with E-state index < -0.39 is 0 Å². The summed E-state index contributed by atoms with van der Waals surface area (Å²) >= 11 is 6.30. The lowest BCUT2D eigenvalue weighted by Gasteiger charge is -2.19. The minimum Gasteiger partial charge on any atom is -0.485 e. The van der Waals surface area contributed by atoms with Crippen LogP contribution in [0, 0.1) is 0 Å². The average Bonchev–Trinajstić information content (AvgIpc) is 3.25. The van der Waals surface area contributed by atoms with Gasteiger partial charge in [0.1, 0.15) is 11.9 Å². The van der Waals surface area contributed by atoms with Crippen molar-refractivity contribution in [2.45, 2.75) is 50.8 Å². The van der Waals surface area contributed by atoms with Crippen LogP contribution < -0.4 is 10.1 Å². The summed E-state index contributed by atoms with van der Waals surface area (Å²) in [4.78, 5) is 0. The molecular weight excluding hydrogens is 258 g/mol. The average molecular weight is 278 g/mol. The van der Waals surface area contributed by atoms with Crippen LogP contribution in [-0.2, 0) is 6.54 Å². The van der Waals surface area contributed by atoms with Crippen LogP contribution in [-0.4, -0.2) is 12.1 Å². The van der Waals surface area contributed by atoms with E-state index in [1.165, 1.54) is 31.2 Å². The molecule has 0 bridgehead atoms. The predicted octanol–water partition coefficient (Wildman–Crippen LogP) is 4.08. The third-order valence-electron chi connectivity index (χ3n) is 3.66. The third kappa shape index (κ3) is 3.74. The molecule has 0 heterocycles. The van der Waals surface area contributed by atoms with E-state index >= 15 is 0 Å². The molecule has 3 rings (SSSR count). The molecule has 1 saturated carbocycles. The minimum absolute atomic E-state index is 0.182. The molecular formula is C16H20ClNO. The van der Waals surface area contributed by atoms with Gasteiger partial charge in [0.05, 0.1) is 5.02 Å². The summed E-state index contributed by atoms with van der Waals surface area (Å²) in [6, 6.07) is 6.83. The molecule has 0 saturated heterocycles. The van der Waals surface area contributed by atoms with Crippen LogP contribution in [0.5, 0.6) is 5.75 Å². The molecule has 1 aromatic carbocycles. The Morgan fingerprint density at radius 2 is 2.16 bits per heavy atom. The molecule has 1 aromatic rings. The summed E-state index contributed by atoms with van der Waals surface area (Å²) in [5.74, 6) is 0.799. The number of benzene rings is 1. The standard InChI is InChI=1S/C16H20ClNO/c17-15-10-12(11-18-13-7-8-13)6-9-16(15)19-14-4-2-1-3-5-14/h2,4,6,9-10,13-14,18H,1,3,5,7-8,11H2. The van der Waals surface area contributed by atoms with Crippen LogP contribution in [0.1, 0.15) is 37.7 Å². The summed E-state index contributed by atoms with van der Waals surface area (Å²) in [6.07, 6.45) is 10.6. The van der Waals surface area contributed by atoms with E-state index in [9.17, 15) is 0 Å². The first-order chi connectivity index (χ1) is 9.31. The smallest absolute Gasteiger partial charge is 0.138 e. The molecule has 1 unspecified atom stereocenters. The first-order valence-electron chi connectivity index (χ1n) is 7.16. The fraction of sp³-hybridized carbons (Fsp3) is 0.500. The summed E-state index contributed by atoms with van der Waals surface area (Å²) in [5.41, 5.74) is 1.23. The van der Waals surface area contributed by atoms with Gasteiger partial charge in [0, 0.05) is 12.6 Å². The van der Waals surface area contributed by atoms with E-state index in [0.717, 1.165) is 24.8 Å². The number of halogens is 1. The van der Waals surface area contributed by atoms with Crippen LogP contribution in [0.15, 0.2) is 30.4 Å². The molecule has 1 N–H and O–H groups in total. The molecule has 2 aliphatic carbocycles. The lowest BCUT2D eigenvalue weighted by atomic mass is 10.1. The molecule has 102 valence electrons. The zero-order chi connectivity index (χ0) is 13.1. The predicted molar refractivity (Wildman–Crippen MR) is 78.7 cm³/mol. The topological polar surface area (TPSA) is 21.3 Å². The SMILES string of the molecule is Clc1cc(CNC2CC2)ccc1OC1C=CCCC1. The Kier molecular flexibility index (Phi) is 4.09. The van der Waals surface area contributed by atoms with Crippen molar-refractivity contribution in [3.05, 3.63) is 40.9 Å². The Hall–Kier alpha value is -0.990. The van der Waals surface area contributed by atoms with E-state index in [1.807, 2.05) is 12.1 Å². The molecule has 2 aliphatic rings. The largest absolute Gasteiger partial charge is 0.485 e. The van der Waals surface area contributed by atoms with Crippen molar-refractivity contribution in [1.29, 1.82) is 0 Å². The Morgan fingerprint density at radius 3 is 2.84 bits per heavy atom. The fourth-order valence-electron chi connectivity index (χ4n) is 2.34. The Labute approximate surface area is 119 Å². The molecule has 1 atom stereocenters. The zero-order valence-electron chi connectivity index (χ0n) is 11.1. The Morgan fingerprint density at radius 1 is 1.26 bits per heavy atom. The second-order valence-corrected chi connectivity index (χ2v) is 5.84. The van der Waals surface area contributed by atoms with Gasteiger partial charge < -0.3 is 10.1 Å². The van der Waals surface area contributed by atoms with Gasteiger partial charge in [0.15, 0.2) is 0 Å². The molecule has 0 spiro atoms. The molecule has 19 heavy (non-hydrogen) atoms. The van der Waals surface area contributed by atoms with Crippen molar-refractivity contribution in [2.75, 3.05) is 0 Å². The van der Waals surface area contributed by atoms with Crippen molar-refractivity contribution >= 4 is 11.6 Å². The lowest BCUT2D eigenvalue weighted by Crippen LogP contribution is -2.17. The van der Waals surface area contributed by atoms with Gasteiger partial charge in [-0.3, -0.25) is 0 Å². The molecule has 3 heteroatoms. The van der Waals surface area contributed by atoms with Crippen LogP contribution in [0.4, 0.5) is 0 Å². The number of hydrogen-bond donors (Lipinski definition) is 1. The number of nitrogens with one attached hydrogen (secondary N) is 1. The second-order valence-electron chi connectivity index (χ2n) is 5.44. The molecule has 2 nitrogen and oxygen atoms in total. The molecule has 0 amide bonds. The van der Waals surface area contributed by atoms with Crippen LogP contribution >= 0.6 is 11.6 Å². The van der Waals surface area contributed by atoms with Crippen molar-refractivity contribution in [1.82, 2.24) is 5.32 Å². The van der Waals surface area contributed by atoms with E-state index in [4.69, 9.17) is 16.3 Å². The minimum atomic E-state index is 0.182. The van der Waals surface area contributed by atoms with Gasteiger partial charge in [0.25, 0.3) is 0 Å². The summed E-state index contributed by atoms with van der Waals surface area (Å²) in [5, 5.41) is 4.21. The Balaban J connectivity index is 1.61.